The summed E-state index contributed by atoms with van der Waals surface area (Å²) in [7, 11) is 1.65. The minimum atomic E-state index is -0.911. The van der Waals surface area contributed by atoms with E-state index in [4.69, 9.17) is 20.3 Å². The Kier molecular flexibility index (Phi) is 7.98. The van der Waals surface area contributed by atoms with Crippen LogP contribution < -0.4 is 10.5 Å². The summed E-state index contributed by atoms with van der Waals surface area (Å²) in [5, 5.41) is 9.14. The number of halogens is 1. The largest absolute Gasteiger partial charge is 0.489 e. The fourth-order valence-corrected chi connectivity index (χ4v) is 3.49. The molecule has 0 aromatic heterocycles. The van der Waals surface area contributed by atoms with Gasteiger partial charge in [0, 0.05) is 12.7 Å². The van der Waals surface area contributed by atoms with E-state index in [1.165, 1.54) is 0 Å². The van der Waals surface area contributed by atoms with E-state index in [0.29, 0.717) is 11.3 Å². The first-order chi connectivity index (χ1) is 15.4. The molecular formula is C26H28FNO4. The summed E-state index contributed by atoms with van der Waals surface area (Å²) in [5.74, 6) is -0.372. The molecule has 3 rings (SSSR count). The summed E-state index contributed by atoms with van der Waals surface area (Å²) >= 11 is 0. The first kappa shape index (κ1) is 23.4. The monoisotopic (exact) mass is 437 g/mol. The molecule has 168 valence electrons. The summed E-state index contributed by atoms with van der Waals surface area (Å²) < 4.78 is 24.6. The van der Waals surface area contributed by atoms with Gasteiger partial charge in [-0.15, -0.1) is 0 Å². The molecule has 2 unspecified atom stereocenters. The quantitative estimate of drug-likeness (QED) is 0.454. The number of nitrogens with two attached hydrogens (primary N) is 1. The van der Waals surface area contributed by atoms with Crippen molar-refractivity contribution in [1.82, 2.24) is 0 Å². The summed E-state index contributed by atoms with van der Waals surface area (Å²) in [6.07, 6.45) is -0.242. The van der Waals surface area contributed by atoms with Gasteiger partial charge in [-0.25, -0.2) is 4.39 Å². The van der Waals surface area contributed by atoms with Gasteiger partial charge >= 0.3 is 5.97 Å². The van der Waals surface area contributed by atoms with Crippen molar-refractivity contribution >= 4 is 5.97 Å². The lowest BCUT2D eigenvalue weighted by molar-refractivity contribution is -0.136. The van der Waals surface area contributed by atoms with Gasteiger partial charge in [0.15, 0.2) is 0 Å². The number of carbonyl (C=O) groups is 1. The number of alkyl halides is 1. The number of rotatable bonds is 10. The van der Waals surface area contributed by atoms with Crippen LogP contribution in [0.5, 0.6) is 5.75 Å². The second-order valence-electron chi connectivity index (χ2n) is 7.69. The first-order valence-electron chi connectivity index (χ1n) is 10.4. The molecule has 0 amide bonds. The molecule has 0 saturated carbocycles. The Hall–Kier alpha value is -3.22. The molecule has 3 N–H and O–H groups in total. The van der Waals surface area contributed by atoms with Crippen molar-refractivity contribution in [2.75, 3.05) is 13.8 Å². The van der Waals surface area contributed by atoms with E-state index in [1.807, 2.05) is 55.5 Å². The van der Waals surface area contributed by atoms with Gasteiger partial charge in [-0.05, 0) is 65.1 Å². The van der Waals surface area contributed by atoms with Crippen molar-refractivity contribution in [2.45, 2.75) is 32.1 Å². The van der Waals surface area contributed by atoms with Gasteiger partial charge in [0.2, 0.25) is 0 Å². The van der Waals surface area contributed by atoms with Crippen molar-refractivity contribution < 1.29 is 23.8 Å². The van der Waals surface area contributed by atoms with E-state index in [1.54, 1.807) is 25.3 Å². The van der Waals surface area contributed by atoms with E-state index in [0.717, 1.165) is 27.8 Å². The number of carboxylic acids is 1. The zero-order chi connectivity index (χ0) is 23.1. The molecule has 0 spiro atoms. The third kappa shape index (κ3) is 5.93. The predicted molar refractivity (Wildman–Crippen MR) is 122 cm³/mol. The molecule has 0 fully saturated rings. The molecule has 0 heterocycles. The highest BCUT2D eigenvalue weighted by atomic mass is 19.1. The Morgan fingerprint density at radius 2 is 1.78 bits per heavy atom. The van der Waals surface area contributed by atoms with Crippen LogP contribution in [0.25, 0.3) is 11.1 Å². The molecule has 0 radical (unpaired) electrons. The Morgan fingerprint density at radius 1 is 1.03 bits per heavy atom. The maximum absolute atomic E-state index is 13.1. The number of para-hydroxylation sites is 1. The molecule has 0 bridgehead atoms. The second-order valence-corrected chi connectivity index (χ2v) is 7.69. The third-order valence-electron chi connectivity index (χ3n) is 5.36. The summed E-state index contributed by atoms with van der Waals surface area (Å²) in [6, 6.07) is 20.0. The molecule has 32 heavy (non-hydrogen) atoms. The Morgan fingerprint density at radius 3 is 2.50 bits per heavy atom. The van der Waals surface area contributed by atoms with Gasteiger partial charge in [-0.1, -0.05) is 36.4 Å². The first-order valence-corrected chi connectivity index (χ1v) is 10.4. The molecule has 3 aromatic carbocycles. The zero-order valence-electron chi connectivity index (χ0n) is 18.3. The van der Waals surface area contributed by atoms with Crippen LogP contribution in [0, 0.1) is 0 Å². The average molecular weight is 438 g/mol. The molecule has 2 atom stereocenters. The van der Waals surface area contributed by atoms with Crippen molar-refractivity contribution in [3.05, 3.63) is 89.0 Å². The third-order valence-corrected chi connectivity index (χ3v) is 5.36. The lowest BCUT2D eigenvalue weighted by Crippen LogP contribution is -2.11. The number of aliphatic carboxylic acids is 1. The minimum Gasteiger partial charge on any atom is -0.489 e. The van der Waals surface area contributed by atoms with E-state index in [2.05, 4.69) is 0 Å². The topological polar surface area (TPSA) is 81.8 Å². The number of hydrogen-bond donors (Lipinski definition) is 2. The number of carboxylic acid groups (broad SMARTS) is 1. The smallest absolute Gasteiger partial charge is 0.307 e. The van der Waals surface area contributed by atoms with E-state index >= 15 is 0 Å². The van der Waals surface area contributed by atoms with Gasteiger partial charge in [0.25, 0.3) is 0 Å². The molecular weight excluding hydrogens is 409 g/mol. The van der Waals surface area contributed by atoms with Crippen LogP contribution in [-0.2, 0) is 22.6 Å². The van der Waals surface area contributed by atoms with E-state index in [9.17, 15) is 9.18 Å². The van der Waals surface area contributed by atoms with Crippen molar-refractivity contribution in [3.8, 4) is 16.9 Å². The summed E-state index contributed by atoms with van der Waals surface area (Å²) in [6.45, 7) is 1.60. The fourth-order valence-electron chi connectivity index (χ4n) is 3.49. The maximum Gasteiger partial charge on any atom is 0.307 e. The highest BCUT2D eigenvalue weighted by Crippen LogP contribution is 2.29. The van der Waals surface area contributed by atoms with Gasteiger partial charge in [0.1, 0.15) is 19.0 Å². The van der Waals surface area contributed by atoms with Crippen molar-refractivity contribution in [1.29, 1.82) is 0 Å². The summed E-state index contributed by atoms with van der Waals surface area (Å²) in [5.41, 5.74) is 11.0. The lowest BCUT2D eigenvalue weighted by Gasteiger charge is -2.17. The number of ether oxygens (including phenoxy) is 2. The molecule has 0 aliphatic carbocycles. The molecule has 0 aliphatic heterocycles. The molecule has 5 nitrogen and oxygen atoms in total. The van der Waals surface area contributed by atoms with Crippen LogP contribution in [0.2, 0.25) is 0 Å². The SMILES string of the molecule is COC(C)c1cc(COc2ccccc2CC(=O)O)cc(-c2cccc(C(N)CF)c2)c1. The van der Waals surface area contributed by atoms with Crippen LogP contribution in [0.15, 0.2) is 66.7 Å². The Bertz CT molecular complexity index is 1070. The van der Waals surface area contributed by atoms with Crippen LogP contribution in [0.1, 0.15) is 41.3 Å². The van der Waals surface area contributed by atoms with E-state index in [-0.39, 0.29) is 19.1 Å². The normalized spacial score (nSPS) is 12.9. The van der Waals surface area contributed by atoms with Crippen molar-refractivity contribution in [2.24, 2.45) is 5.73 Å². The second kappa shape index (κ2) is 10.9. The van der Waals surface area contributed by atoms with Crippen LogP contribution in [0.3, 0.4) is 0 Å². The molecule has 3 aromatic rings. The van der Waals surface area contributed by atoms with Gasteiger partial charge in [-0.3, -0.25) is 4.79 Å². The van der Waals surface area contributed by atoms with Gasteiger partial charge in [0.05, 0.1) is 18.6 Å². The van der Waals surface area contributed by atoms with Gasteiger partial charge < -0.3 is 20.3 Å². The van der Waals surface area contributed by atoms with Crippen molar-refractivity contribution in [3.63, 3.8) is 0 Å². The molecule has 6 heteroatoms. The highest BCUT2D eigenvalue weighted by molar-refractivity contribution is 5.71. The standard InChI is InChI=1S/C26H28FNO4/c1-17(31-2)22-10-18(16-32-25-9-4-3-6-21(25)14-26(29)30)11-23(13-22)19-7-5-8-20(12-19)24(28)15-27/h3-13,17,24H,14-16,28H2,1-2H3,(H,29,30). The molecule has 0 saturated heterocycles. The number of benzene rings is 3. The summed E-state index contributed by atoms with van der Waals surface area (Å²) in [4.78, 5) is 11.1. The minimum absolute atomic E-state index is 0.107. The van der Waals surface area contributed by atoms with Crippen LogP contribution in [-0.4, -0.2) is 24.9 Å². The fraction of sp³-hybridized carbons (Fsp3) is 0.269. The number of hydrogen-bond acceptors (Lipinski definition) is 4. The molecule has 0 aliphatic rings. The zero-order valence-corrected chi connectivity index (χ0v) is 18.3. The average Bonchev–Trinajstić information content (AvgIpc) is 2.82. The predicted octanol–water partition coefficient (Wildman–Crippen LogP) is 5.24. The lowest BCUT2D eigenvalue weighted by atomic mass is 9.95. The number of methoxy groups -OCH3 is 1. The maximum atomic E-state index is 13.1. The Labute approximate surface area is 187 Å². The van der Waals surface area contributed by atoms with Gasteiger partial charge in [-0.2, -0.15) is 0 Å². The van der Waals surface area contributed by atoms with E-state index < -0.39 is 18.7 Å². The Balaban J connectivity index is 1.93. The highest BCUT2D eigenvalue weighted by Gasteiger charge is 2.13. The van der Waals surface area contributed by atoms with Crippen LogP contribution in [0.4, 0.5) is 4.39 Å². The van der Waals surface area contributed by atoms with Crippen LogP contribution >= 0.6 is 0 Å².